The quantitative estimate of drug-likeness (QED) is 0.562. The lowest BCUT2D eigenvalue weighted by Crippen LogP contribution is -2.21. The molecule has 0 aliphatic rings. The third-order valence-electron chi connectivity index (χ3n) is 3.25. The molecule has 0 spiro atoms. The maximum atomic E-state index is 12.1. The number of ether oxygens (including phenoxy) is 1. The van der Waals surface area contributed by atoms with Gasteiger partial charge in [0.15, 0.2) is 5.78 Å². The van der Waals surface area contributed by atoms with Crippen molar-refractivity contribution in [1.29, 1.82) is 0 Å². The molecule has 2 heteroatoms. The van der Waals surface area contributed by atoms with Crippen LogP contribution >= 0.6 is 0 Å². The first-order chi connectivity index (χ1) is 9.77. The fourth-order valence-electron chi connectivity index (χ4n) is 2.09. The zero-order chi connectivity index (χ0) is 14.2. The molecule has 104 valence electrons. The molecule has 0 radical (unpaired) electrons. The van der Waals surface area contributed by atoms with Crippen molar-refractivity contribution < 1.29 is 9.53 Å². The fourth-order valence-corrected chi connectivity index (χ4v) is 2.09. The SMILES string of the molecule is CC(OCCCc1ccccc1)C(=O)c1ccccc1. The van der Waals surface area contributed by atoms with Crippen LogP contribution in [0.1, 0.15) is 29.3 Å². The minimum absolute atomic E-state index is 0.0466. The number of carbonyl (C=O) groups excluding carboxylic acids is 1. The number of hydrogen-bond acceptors (Lipinski definition) is 2. The van der Waals surface area contributed by atoms with Gasteiger partial charge < -0.3 is 4.74 Å². The van der Waals surface area contributed by atoms with E-state index in [1.165, 1.54) is 5.56 Å². The van der Waals surface area contributed by atoms with Gasteiger partial charge in [-0.25, -0.2) is 0 Å². The average molecular weight is 268 g/mol. The summed E-state index contributed by atoms with van der Waals surface area (Å²) in [6.45, 7) is 2.42. The summed E-state index contributed by atoms with van der Waals surface area (Å²) in [5.41, 5.74) is 2.01. The normalized spacial score (nSPS) is 12.1. The summed E-state index contributed by atoms with van der Waals surface area (Å²) in [5.74, 6) is 0.0466. The molecule has 2 rings (SSSR count). The molecule has 0 aromatic heterocycles. The van der Waals surface area contributed by atoms with Gasteiger partial charge in [0, 0.05) is 12.2 Å². The first-order valence-corrected chi connectivity index (χ1v) is 7.02. The van der Waals surface area contributed by atoms with Crippen molar-refractivity contribution >= 4 is 5.78 Å². The highest BCUT2D eigenvalue weighted by Crippen LogP contribution is 2.08. The number of Topliss-reactive ketones (excluding diaryl/α,β-unsaturated/α-hetero) is 1. The zero-order valence-electron chi connectivity index (χ0n) is 11.8. The van der Waals surface area contributed by atoms with Crippen LogP contribution in [0.3, 0.4) is 0 Å². The molecule has 0 saturated carbocycles. The molecule has 0 amide bonds. The van der Waals surface area contributed by atoms with Crippen molar-refractivity contribution in [3.8, 4) is 0 Å². The highest BCUT2D eigenvalue weighted by Gasteiger charge is 2.14. The Morgan fingerprint density at radius 3 is 2.25 bits per heavy atom. The third-order valence-corrected chi connectivity index (χ3v) is 3.25. The zero-order valence-corrected chi connectivity index (χ0v) is 11.8. The fraction of sp³-hybridized carbons (Fsp3) is 0.278. The Hall–Kier alpha value is -1.93. The van der Waals surface area contributed by atoms with Gasteiger partial charge in [-0.1, -0.05) is 60.7 Å². The second kappa shape index (κ2) is 7.61. The van der Waals surface area contributed by atoms with Crippen LogP contribution in [0.15, 0.2) is 60.7 Å². The van der Waals surface area contributed by atoms with E-state index in [-0.39, 0.29) is 11.9 Å². The van der Waals surface area contributed by atoms with Crippen LogP contribution in [-0.2, 0) is 11.2 Å². The van der Waals surface area contributed by atoms with Crippen LogP contribution in [0.2, 0.25) is 0 Å². The molecule has 20 heavy (non-hydrogen) atoms. The molecule has 0 heterocycles. The molecule has 0 N–H and O–H groups in total. The highest BCUT2D eigenvalue weighted by molar-refractivity contribution is 5.99. The minimum atomic E-state index is -0.381. The standard InChI is InChI=1S/C18H20O2/c1-15(18(19)17-12-6-3-7-13-17)20-14-8-11-16-9-4-2-5-10-16/h2-7,9-10,12-13,15H,8,11,14H2,1H3. The lowest BCUT2D eigenvalue weighted by Gasteiger charge is -2.12. The molecular formula is C18H20O2. The van der Waals surface area contributed by atoms with Gasteiger partial charge in [-0.2, -0.15) is 0 Å². The Balaban J connectivity index is 1.73. The van der Waals surface area contributed by atoms with Gasteiger partial charge >= 0.3 is 0 Å². The van der Waals surface area contributed by atoms with E-state index >= 15 is 0 Å². The van der Waals surface area contributed by atoms with Crippen molar-refractivity contribution in [1.82, 2.24) is 0 Å². The first-order valence-electron chi connectivity index (χ1n) is 7.02. The van der Waals surface area contributed by atoms with Crippen LogP contribution < -0.4 is 0 Å². The largest absolute Gasteiger partial charge is 0.370 e. The van der Waals surface area contributed by atoms with E-state index in [9.17, 15) is 4.79 Å². The second-order valence-corrected chi connectivity index (χ2v) is 4.83. The topological polar surface area (TPSA) is 26.3 Å². The van der Waals surface area contributed by atoms with Gasteiger partial charge in [0.25, 0.3) is 0 Å². The first kappa shape index (κ1) is 14.5. The Kier molecular flexibility index (Phi) is 5.51. The molecule has 2 aromatic carbocycles. The van der Waals surface area contributed by atoms with E-state index in [4.69, 9.17) is 4.74 Å². The molecule has 0 saturated heterocycles. The number of rotatable bonds is 7. The smallest absolute Gasteiger partial charge is 0.191 e. The molecule has 0 aliphatic carbocycles. The van der Waals surface area contributed by atoms with Crippen molar-refractivity contribution in [3.63, 3.8) is 0 Å². The summed E-state index contributed by atoms with van der Waals surface area (Å²) in [5, 5.41) is 0. The van der Waals surface area contributed by atoms with Crippen molar-refractivity contribution in [2.24, 2.45) is 0 Å². The maximum absolute atomic E-state index is 12.1. The summed E-state index contributed by atoms with van der Waals surface area (Å²) < 4.78 is 5.63. The van der Waals surface area contributed by atoms with Crippen molar-refractivity contribution in [3.05, 3.63) is 71.8 Å². The average Bonchev–Trinajstić information content (AvgIpc) is 2.52. The lowest BCUT2D eigenvalue weighted by atomic mass is 10.1. The van der Waals surface area contributed by atoms with Crippen LogP contribution in [0.25, 0.3) is 0 Å². The summed E-state index contributed by atoms with van der Waals surface area (Å²) in [6.07, 6.45) is 1.52. The van der Waals surface area contributed by atoms with Crippen LogP contribution in [0.4, 0.5) is 0 Å². The monoisotopic (exact) mass is 268 g/mol. The number of ketones is 1. The molecule has 2 nitrogen and oxygen atoms in total. The van der Waals surface area contributed by atoms with Gasteiger partial charge in [0.05, 0.1) is 0 Å². The van der Waals surface area contributed by atoms with Gasteiger partial charge in [-0.05, 0) is 25.3 Å². The van der Waals surface area contributed by atoms with Gasteiger partial charge in [-0.15, -0.1) is 0 Å². The van der Waals surface area contributed by atoms with Crippen molar-refractivity contribution in [2.45, 2.75) is 25.9 Å². The lowest BCUT2D eigenvalue weighted by molar-refractivity contribution is 0.0470. The van der Waals surface area contributed by atoms with Crippen LogP contribution in [-0.4, -0.2) is 18.5 Å². The molecular weight excluding hydrogens is 248 g/mol. The number of carbonyl (C=O) groups is 1. The van der Waals surface area contributed by atoms with E-state index < -0.39 is 0 Å². The number of aryl methyl sites for hydroxylation is 1. The molecule has 1 atom stereocenters. The van der Waals surface area contributed by atoms with Gasteiger partial charge in [0.1, 0.15) is 6.10 Å². The second-order valence-electron chi connectivity index (χ2n) is 4.83. The third kappa shape index (κ3) is 4.32. The predicted molar refractivity (Wildman–Crippen MR) is 80.9 cm³/mol. The van der Waals surface area contributed by atoms with E-state index in [1.807, 2.05) is 55.5 Å². The number of benzene rings is 2. The molecule has 0 fully saturated rings. The van der Waals surface area contributed by atoms with Crippen LogP contribution in [0, 0.1) is 0 Å². The molecule has 0 aliphatic heterocycles. The van der Waals surface area contributed by atoms with E-state index in [0.29, 0.717) is 12.2 Å². The summed E-state index contributed by atoms with van der Waals surface area (Å²) in [7, 11) is 0. The molecule has 1 unspecified atom stereocenters. The Morgan fingerprint density at radius 1 is 1.00 bits per heavy atom. The van der Waals surface area contributed by atoms with E-state index in [1.54, 1.807) is 0 Å². The Bertz CT molecular complexity index is 520. The maximum Gasteiger partial charge on any atom is 0.191 e. The Morgan fingerprint density at radius 2 is 1.60 bits per heavy atom. The van der Waals surface area contributed by atoms with Crippen molar-refractivity contribution in [2.75, 3.05) is 6.61 Å². The summed E-state index contributed by atoms with van der Waals surface area (Å²) in [6, 6.07) is 19.6. The van der Waals surface area contributed by atoms with E-state index in [0.717, 1.165) is 12.8 Å². The highest BCUT2D eigenvalue weighted by atomic mass is 16.5. The molecule has 0 bridgehead atoms. The summed E-state index contributed by atoms with van der Waals surface area (Å²) in [4.78, 5) is 12.1. The molecule has 2 aromatic rings. The number of hydrogen-bond donors (Lipinski definition) is 0. The van der Waals surface area contributed by atoms with Crippen LogP contribution in [0.5, 0.6) is 0 Å². The Labute approximate surface area is 120 Å². The van der Waals surface area contributed by atoms with E-state index in [2.05, 4.69) is 12.1 Å². The minimum Gasteiger partial charge on any atom is -0.370 e. The summed E-state index contributed by atoms with van der Waals surface area (Å²) >= 11 is 0. The van der Waals surface area contributed by atoms with Gasteiger partial charge in [-0.3, -0.25) is 4.79 Å². The van der Waals surface area contributed by atoms with Gasteiger partial charge in [0.2, 0.25) is 0 Å². The predicted octanol–water partition coefficient (Wildman–Crippen LogP) is 3.91.